The molecule has 0 radical (unpaired) electrons. The van der Waals surface area contributed by atoms with E-state index in [1.54, 1.807) is 30.5 Å². The number of para-hydroxylation sites is 1. The van der Waals surface area contributed by atoms with Crippen molar-refractivity contribution < 1.29 is 17.9 Å². The average molecular weight is 545 g/mol. The molecule has 202 valence electrons. The second-order valence-corrected chi connectivity index (χ2v) is 11.3. The monoisotopic (exact) mass is 544 g/mol. The van der Waals surface area contributed by atoms with Gasteiger partial charge in [0.1, 0.15) is 18.0 Å². The van der Waals surface area contributed by atoms with Crippen molar-refractivity contribution >= 4 is 27.8 Å². The lowest BCUT2D eigenvalue weighted by Gasteiger charge is -2.21. The Hall–Kier alpha value is -4.37. The first-order chi connectivity index (χ1) is 18.5. The number of aromatic nitrogens is 1. The summed E-state index contributed by atoms with van der Waals surface area (Å²) in [6.45, 7) is 7.73. The van der Waals surface area contributed by atoms with Crippen LogP contribution in [-0.2, 0) is 14.8 Å². The molecule has 1 amide bonds. The molecule has 1 heterocycles. The fraction of sp³-hybridized carbons (Fsp3) is 0.200. The van der Waals surface area contributed by atoms with E-state index in [4.69, 9.17) is 4.74 Å². The van der Waals surface area contributed by atoms with E-state index in [0.717, 1.165) is 38.8 Å². The van der Waals surface area contributed by atoms with Crippen LogP contribution >= 0.6 is 0 Å². The lowest BCUT2D eigenvalue weighted by molar-refractivity contribution is -0.119. The number of carbonyl (C=O) groups is 1. The van der Waals surface area contributed by atoms with Crippen molar-refractivity contribution in [2.45, 2.75) is 27.7 Å². The molecule has 0 spiro atoms. The highest BCUT2D eigenvalue weighted by Gasteiger charge is 2.21. The number of carbonyl (C=O) groups excluding carboxylic acids is 1. The van der Waals surface area contributed by atoms with Gasteiger partial charge in [-0.3, -0.25) is 9.10 Å². The molecule has 0 bridgehead atoms. The first-order valence-electron chi connectivity index (χ1n) is 12.4. The van der Waals surface area contributed by atoms with E-state index in [2.05, 4.69) is 47.1 Å². The molecule has 0 unspecified atom stereocenters. The summed E-state index contributed by atoms with van der Waals surface area (Å²) in [6.07, 6.45) is 2.63. The molecule has 0 aliphatic heterocycles. The molecular weight excluding hydrogens is 512 g/mol. The van der Waals surface area contributed by atoms with Crippen LogP contribution in [0.1, 0.15) is 28.1 Å². The minimum atomic E-state index is -3.73. The van der Waals surface area contributed by atoms with Crippen molar-refractivity contribution in [1.29, 1.82) is 0 Å². The van der Waals surface area contributed by atoms with E-state index in [9.17, 15) is 13.2 Å². The van der Waals surface area contributed by atoms with Gasteiger partial charge in [-0.1, -0.05) is 35.9 Å². The molecule has 0 atom stereocenters. The van der Waals surface area contributed by atoms with Gasteiger partial charge in [-0.15, -0.1) is 0 Å². The molecule has 1 N–H and O–H groups in total. The van der Waals surface area contributed by atoms with E-state index in [0.29, 0.717) is 17.2 Å². The summed E-state index contributed by atoms with van der Waals surface area (Å²) in [5, 5.41) is 4.10. The van der Waals surface area contributed by atoms with Gasteiger partial charge in [0.05, 0.1) is 18.2 Å². The number of hydrogen-bond donors (Lipinski definition) is 1. The molecule has 1 aromatic heterocycles. The second kappa shape index (κ2) is 11.6. The largest absolute Gasteiger partial charge is 0.457 e. The van der Waals surface area contributed by atoms with Crippen LogP contribution in [0.25, 0.3) is 5.69 Å². The lowest BCUT2D eigenvalue weighted by atomic mass is 10.1. The third kappa shape index (κ3) is 6.74. The zero-order valence-corrected chi connectivity index (χ0v) is 23.5. The SMILES string of the molecule is Cc1ccc(-n2c(C)cc(/C=N/NC(=O)CN(c3ccc(Oc4ccccc4)cc3)S(C)(=O)=O)c2C)c(C)c1. The van der Waals surface area contributed by atoms with Crippen LogP contribution in [0.2, 0.25) is 0 Å². The molecule has 8 nitrogen and oxygen atoms in total. The Balaban J connectivity index is 1.44. The van der Waals surface area contributed by atoms with Crippen LogP contribution in [0.3, 0.4) is 0 Å². The molecule has 0 aliphatic carbocycles. The maximum Gasteiger partial charge on any atom is 0.260 e. The number of sulfonamides is 1. The summed E-state index contributed by atoms with van der Waals surface area (Å²) in [6, 6.07) is 24.1. The topological polar surface area (TPSA) is 93.0 Å². The molecule has 0 saturated heterocycles. The highest BCUT2D eigenvalue weighted by Crippen LogP contribution is 2.26. The molecule has 0 aliphatic rings. The van der Waals surface area contributed by atoms with E-state index >= 15 is 0 Å². The van der Waals surface area contributed by atoms with Gasteiger partial charge in [-0.25, -0.2) is 13.8 Å². The highest BCUT2D eigenvalue weighted by molar-refractivity contribution is 7.92. The summed E-state index contributed by atoms with van der Waals surface area (Å²) in [5.74, 6) is 0.646. The van der Waals surface area contributed by atoms with Crippen molar-refractivity contribution in [1.82, 2.24) is 9.99 Å². The smallest absolute Gasteiger partial charge is 0.260 e. The summed E-state index contributed by atoms with van der Waals surface area (Å²) in [5.41, 5.74) is 9.10. The van der Waals surface area contributed by atoms with Crippen LogP contribution in [0.4, 0.5) is 5.69 Å². The van der Waals surface area contributed by atoms with Crippen molar-refractivity contribution in [3.05, 3.63) is 107 Å². The predicted molar refractivity (Wildman–Crippen MR) is 156 cm³/mol. The maximum atomic E-state index is 12.7. The van der Waals surface area contributed by atoms with Crippen LogP contribution < -0.4 is 14.5 Å². The normalized spacial score (nSPS) is 11.5. The van der Waals surface area contributed by atoms with Crippen LogP contribution in [0.5, 0.6) is 11.5 Å². The van der Waals surface area contributed by atoms with Crippen molar-refractivity contribution in [3.63, 3.8) is 0 Å². The zero-order valence-electron chi connectivity index (χ0n) is 22.7. The lowest BCUT2D eigenvalue weighted by Crippen LogP contribution is -2.39. The number of hydrogen-bond acceptors (Lipinski definition) is 5. The third-order valence-electron chi connectivity index (χ3n) is 6.25. The number of nitrogens with zero attached hydrogens (tertiary/aromatic N) is 3. The van der Waals surface area contributed by atoms with Gasteiger partial charge in [0.15, 0.2) is 0 Å². The zero-order chi connectivity index (χ0) is 28.2. The number of rotatable bonds is 9. The van der Waals surface area contributed by atoms with Crippen LogP contribution in [0, 0.1) is 27.7 Å². The first-order valence-corrected chi connectivity index (χ1v) is 14.3. The van der Waals surface area contributed by atoms with Gasteiger partial charge >= 0.3 is 0 Å². The van der Waals surface area contributed by atoms with E-state index < -0.39 is 22.5 Å². The van der Waals surface area contributed by atoms with Gasteiger partial charge < -0.3 is 9.30 Å². The summed E-state index contributed by atoms with van der Waals surface area (Å²) >= 11 is 0. The van der Waals surface area contributed by atoms with Crippen LogP contribution in [0.15, 0.2) is 84.0 Å². The fourth-order valence-electron chi connectivity index (χ4n) is 4.39. The summed E-state index contributed by atoms with van der Waals surface area (Å²) in [4.78, 5) is 12.7. The van der Waals surface area contributed by atoms with Gasteiger partial charge in [0, 0.05) is 22.6 Å². The predicted octanol–water partition coefficient (Wildman–Crippen LogP) is 5.42. The minimum absolute atomic E-state index is 0.342. The number of nitrogens with one attached hydrogen (secondary N) is 1. The number of hydrazone groups is 1. The van der Waals surface area contributed by atoms with Gasteiger partial charge in [0.2, 0.25) is 10.0 Å². The van der Waals surface area contributed by atoms with Gasteiger partial charge in [0.25, 0.3) is 5.91 Å². The van der Waals surface area contributed by atoms with Gasteiger partial charge in [-0.05, 0) is 81.8 Å². The van der Waals surface area contributed by atoms with E-state index in [1.807, 2.05) is 50.2 Å². The Bertz CT molecular complexity index is 1610. The molecule has 0 fully saturated rings. The molecule has 9 heteroatoms. The Morgan fingerprint density at radius 1 is 0.949 bits per heavy atom. The maximum absolute atomic E-state index is 12.7. The second-order valence-electron chi connectivity index (χ2n) is 9.42. The van der Waals surface area contributed by atoms with Crippen molar-refractivity contribution in [2.75, 3.05) is 17.1 Å². The molecule has 0 saturated carbocycles. The Kier molecular flexibility index (Phi) is 8.21. The number of aryl methyl sites for hydroxylation is 3. The summed E-state index contributed by atoms with van der Waals surface area (Å²) < 4.78 is 33.9. The van der Waals surface area contributed by atoms with Crippen molar-refractivity contribution in [2.24, 2.45) is 5.10 Å². The fourth-order valence-corrected chi connectivity index (χ4v) is 5.25. The van der Waals surface area contributed by atoms with E-state index in [1.165, 1.54) is 5.56 Å². The Labute approximate surface area is 229 Å². The Morgan fingerprint density at radius 3 is 2.26 bits per heavy atom. The first kappa shape index (κ1) is 27.7. The molecule has 39 heavy (non-hydrogen) atoms. The standard InChI is InChI=1S/C30H32N4O4S/c1-21-11-16-29(22(2)17-21)34-23(3)18-25(24(34)4)19-31-32-30(35)20-33(39(5,36)37)26-12-14-28(15-13-26)38-27-9-7-6-8-10-27/h6-19H,20H2,1-5H3,(H,32,35)/b31-19+. The Morgan fingerprint density at radius 2 is 1.62 bits per heavy atom. The molecule has 3 aromatic carbocycles. The van der Waals surface area contributed by atoms with Gasteiger partial charge in [-0.2, -0.15) is 5.10 Å². The van der Waals surface area contributed by atoms with E-state index in [-0.39, 0.29) is 0 Å². The minimum Gasteiger partial charge on any atom is -0.457 e. The number of ether oxygens (including phenoxy) is 1. The van der Waals surface area contributed by atoms with Crippen molar-refractivity contribution in [3.8, 4) is 17.2 Å². The number of benzene rings is 3. The highest BCUT2D eigenvalue weighted by atomic mass is 32.2. The van der Waals surface area contributed by atoms with Crippen LogP contribution in [-0.4, -0.2) is 37.9 Å². The number of anilines is 1. The quantitative estimate of drug-likeness (QED) is 0.225. The average Bonchev–Trinajstić information content (AvgIpc) is 3.16. The molecule has 4 rings (SSSR count). The number of amides is 1. The summed E-state index contributed by atoms with van der Waals surface area (Å²) in [7, 11) is -3.73. The molecule has 4 aromatic rings. The molecular formula is C30H32N4O4S. The third-order valence-corrected chi connectivity index (χ3v) is 7.39.